The zero-order chi connectivity index (χ0) is 27.5. The van der Waals surface area contributed by atoms with Crippen LogP contribution in [0.15, 0.2) is 29.4 Å². The van der Waals surface area contributed by atoms with Crippen LogP contribution < -0.4 is 16.1 Å². The first-order chi connectivity index (χ1) is 18.2. The number of halogens is 1. The third-order valence-electron chi connectivity index (χ3n) is 7.78. The van der Waals surface area contributed by atoms with Gasteiger partial charge in [0.25, 0.3) is 5.91 Å². The predicted octanol–water partition coefficient (Wildman–Crippen LogP) is 2.84. The first-order valence-electron chi connectivity index (χ1n) is 13.8. The molecule has 3 atom stereocenters. The monoisotopic (exact) mass is 548 g/mol. The molecule has 1 saturated heterocycles. The molecule has 2 aliphatic rings. The molecule has 1 aromatic carbocycles. The summed E-state index contributed by atoms with van der Waals surface area (Å²) in [5, 5.41) is 13.2. The number of rotatable bonds is 13. The zero-order valence-electron chi connectivity index (χ0n) is 23.3. The third kappa shape index (κ3) is 8.93. The normalized spacial score (nSPS) is 21.4. The first kappa shape index (κ1) is 30.3. The Morgan fingerprint density at radius 2 is 1.92 bits per heavy atom. The molecule has 9 nitrogen and oxygen atoms in total. The van der Waals surface area contributed by atoms with E-state index in [1.165, 1.54) is 13.5 Å². The standard InChI is InChI=1S/C28H45ClN6O3/c1-28(20-31-38-4,22-8-6-5-7-9-22)27(37)32-24-14-16-35(19-24)33-26(36)25(30-15-17-34(2)3)18-21-10-12-23(29)13-11-21/h10-13,20,22,24-25,30H,5-9,14-19H2,1-4H3,(H,32,37)(H,33,36)/b31-20+/t24-,25+,28+/m0/s1. The molecule has 1 heterocycles. The summed E-state index contributed by atoms with van der Waals surface area (Å²) < 4.78 is 0. The Hall–Kier alpha value is -2.20. The van der Waals surface area contributed by atoms with Gasteiger partial charge in [0.15, 0.2) is 0 Å². The van der Waals surface area contributed by atoms with Crippen LogP contribution >= 0.6 is 11.6 Å². The van der Waals surface area contributed by atoms with Gasteiger partial charge in [-0.1, -0.05) is 48.2 Å². The minimum Gasteiger partial charge on any atom is -0.399 e. The summed E-state index contributed by atoms with van der Waals surface area (Å²) in [5.41, 5.74) is 3.41. The van der Waals surface area contributed by atoms with E-state index in [-0.39, 0.29) is 29.8 Å². The molecule has 1 aromatic rings. The topological polar surface area (TPSA) is 98.3 Å². The molecule has 0 unspecified atom stereocenters. The second kappa shape index (κ2) is 14.8. The Balaban J connectivity index is 1.58. The lowest BCUT2D eigenvalue weighted by molar-refractivity contribution is -0.130. The highest BCUT2D eigenvalue weighted by atomic mass is 35.5. The quantitative estimate of drug-likeness (QED) is 0.259. The van der Waals surface area contributed by atoms with Gasteiger partial charge in [0.05, 0.1) is 17.7 Å². The summed E-state index contributed by atoms with van der Waals surface area (Å²) in [5.74, 6) is 0.147. The van der Waals surface area contributed by atoms with E-state index in [1.54, 1.807) is 6.21 Å². The van der Waals surface area contributed by atoms with Crippen molar-refractivity contribution in [2.75, 3.05) is 47.4 Å². The maximum atomic E-state index is 13.5. The van der Waals surface area contributed by atoms with Crippen LogP contribution in [0.2, 0.25) is 5.02 Å². The van der Waals surface area contributed by atoms with Gasteiger partial charge in [0.1, 0.15) is 7.11 Å². The maximum absolute atomic E-state index is 13.5. The van der Waals surface area contributed by atoms with E-state index in [1.807, 2.05) is 50.3 Å². The van der Waals surface area contributed by atoms with Gasteiger partial charge in [-0.25, -0.2) is 5.01 Å². The van der Waals surface area contributed by atoms with Crippen LogP contribution in [0.4, 0.5) is 0 Å². The highest BCUT2D eigenvalue weighted by Gasteiger charge is 2.42. The van der Waals surface area contributed by atoms with Crippen molar-refractivity contribution in [2.24, 2.45) is 16.5 Å². The number of hydrazine groups is 1. The molecule has 0 bridgehead atoms. The summed E-state index contributed by atoms with van der Waals surface area (Å²) in [6, 6.07) is 7.17. The van der Waals surface area contributed by atoms with Gasteiger partial charge < -0.3 is 20.4 Å². The van der Waals surface area contributed by atoms with Crippen molar-refractivity contribution >= 4 is 29.6 Å². The highest BCUT2D eigenvalue weighted by Crippen LogP contribution is 2.38. The number of nitrogens with zero attached hydrogens (tertiary/aromatic N) is 3. The molecular formula is C28H45ClN6O3. The molecule has 2 fully saturated rings. The molecule has 0 spiro atoms. The Labute approximate surface area is 232 Å². The highest BCUT2D eigenvalue weighted by molar-refractivity contribution is 6.30. The number of benzene rings is 1. The van der Waals surface area contributed by atoms with Gasteiger partial charge in [0.2, 0.25) is 5.91 Å². The van der Waals surface area contributed by atoms with E-state index >= 15 is 0 Å². The average Bonchev–Trinajstić information content (AvgIpc) is 3.34. The summed E-state index contributed by atoms with van der Waals surface area (Å²) >= 11 is 6.04. The van der Waals surface area contributed by atoms with Crippen LogP contribution in [0.3, 0.4) is 0 Å². The average molecular weight is 549 g/mol. The molecule has 0 radical (unpaired) electrons. The first-order valence-corrected chi connectivity index (χ1v) is 14.2. The number of oxime groups is 1. The molecule has 38 heavy (non-hydrogen) atoms. The molecule has 0 aromatic heterocycles. The van der Waals surface area contributed by atoms with E-state index < -0.39 is 5.41 Å². The number of hydrogen-bond acceptors (Lipinski definition) is 7. The number of nitrogens with one attached hydrogen (secondary N) is 3. The molecule has 1 saturated carbocycles. The van der Waals surface area contributed by atoms with Crippen LogP contribution in [0.5, 0.6) is 0 Å². The Morgan fingerprint density at radius 1 is 1.21 bits per heavy atom. The minimum atomic E-state index is -0.715. The largest absolute Gasteiger partial charge is 0.399 e. The van der Waals surface area contributed by atoms with Gasteiger partial charge in [-0.15, -0.1) is 0 Å². The lowest BCUT2D eigenvalue weighted by Crippen LogP contribution is -2.53. The third-order valence-corrected chi connectivity index (χ3v) is 8.03. The molecular weight excluding hydrogens is 504 g/mol. The Morgan fingerprint density at radius 3 is 2.58 bits per heavy atom. The molecule has 3 N–H and O–H groups in total. The van der Waals surface area contributed by atoms with Gasteiger partial charge in [0, 0.05) is 37.2 Å². The van der Waals surface area contributed by atoms with Gasteiger partial charge in [-0.3, -0.25) is 15.0 Å². The van der Waals surface area contributed by atoms with Crippen molar-refractivity contribution in [3.63, 3.8) is 0 Å². The number of carbonyl (C=O) groups is 2. The van der Waals surface area contributed by atoms with E-state index in [0.717, 1.165) is 44.2 Å². The molecule has 2 amide bonds. The lowest BCUT2D eigenvalue weighted by atomic mass is 9.70. The van der Waals surface area contributed by atoms with E-state index in [0.29, 0.717) is 31.1 Å². The van der Waals surface area contributed by atoms with Crippen LogP contribution in [0, 0.1) is 11.3 Å². The molecule has 10 heteroatoms. The van der Waals surface area contributed by atoms with Crippen LogP contribution in [0.25, 0.3) is 0 Å². The van der Waals surface area contributed by atoms with Crippen molar-refractivity contribution in [3.8, 4) is 0 Å². The summed E-state index contributed by atoms with van der Waals surface area (Å²) in [7, 11) is 5.52. The van der Waals surface area contributed by atoms with Gasteiger partial charge in [-0.05, 0) is 70.3 Å². The van der Waals surface area contributed by atoms with Crippen LogP contribution in [-0.4, -0.2) is 87.4 Å². The van der Waals surface area contributed by atoms with Crippen molar-refractivity contribution in [1.82, 2.24) is 26.0 Å². The zero-order valence-corrected chi connectivity index (χ0v) is 24.1. The predicted molar refractivity (Wildman–Crippen MR) is 152 cm³/mol. The van der Waals surface area contributed by atoms with Crippen LogP contribution in [-0.2, 0) is 20.8 Å². The maximum Gasteiger partial charge on any atom is 0.251 e. The van der Waals surface area contributed by atoms with E-state index in [2.05, 4.69) is 26.1 Å². The molecule has 212 valence electrons. The van der Waals surface area contributed by atoms with Crippen LogP contribution in [0.1, 0.15) is 51.0 Å². The van der Waals surface area contributed by atoms with Gasteiger partial charge in [-0.2, -0.15) is 0 Å². The number of carbonyl (C=O) groups excluding carboxylic acids is 2. The minimum absolute atomic E-state index is 0.0191. The number of amides is 2. The van der Waals surface area contributed by atoms with Crippen molar-refractivity contribution in [1.29, 1.82) is 0 Å². The lowest BCUT2D eigenvalue weighted by Gasteiger charge is -2.36. The van der Waals surface area contributed by atoms with E-state index in [4.69, 9.17) is 16.4 Å². The fourth-order valence-corrected chi connectivity index (χ4v) is 5.47. The summed E-state index contributed by atoms with van der Waals surface area (Å²) in [4.78, 5) is 33.8. The summed E-state index contributed by atoms with van der Waals surface area (Å²) in [6.45, 7) is 4.73. The Kier molecular flexibility index (Phi) is 11.8. The SMILES string of the molecule is CO/N=C/[C@@](C)(C(=O)N[C@H]1CCN(NC(=O)[C@@H](Cc2ccc(Cl)cc2)NCCN(C)C)C1)C1CCCCC1. The second-order valence-electron chi connectivity index (χ2n) is 11.1. The molecule has 3 rings (SSSR count). The smallest absolute Gasteiger partial charge is 0.251 e. The van der Waals surface area contributed by atoms with Crippen molar-refractivity contribution < 1.29 is 14.4 Å². The van der Waals surface area contributed by atoms with Crippen molar-refractivity contribution in [2.45, 2.75) is 64.0 Å². The second-order valence-corrected chi connectivity index (χ2v) is 11.5. The fraction of sp³-hybridized carbons (Fsp3) is 0.679. The van der Waals surface area contributed by atoms with Crippen molar-refractivity contribution in [3.05, 3.63) is 34.9 Å². The molecule has 1 aliphatic carbocycles. The fourth-order valence-electron chi connectivity index (χ4n) is 5.34. The van der Waals surface area contributed by atoms with Gasteiger partial charge >= 0.3 is 0 Å². The Bertz CT molecular complexity index is 922. The summed E-state index contributed by atoms with van der Waals surface area (Å²) in [6.07, 6.45) is 8.52. The molecule has 1 aliphatic heterocycles. The number of hydrogen-bond donors (Lipinski definition) is 3. The number of likely N-dealkylation sites (N-methyl/N-ethyl adjacent to an activating group) is 1. The van der Waals surface area contributed by atoms with E-state index in [9.17, 15) is 9.59 Å².